The fraction of sp³-hybridized carbons (Fsp3) is 0.778. The van der Waals surface area contributed by atoms with Crippen LogP contribution in [0.2, 0.25) is 0 Å². The number of aliphatic hydroxyl groups is 2. The summed E-state index contributed by atoms with van der Waals surface area (Å²) in [6.45, 7) is 5.50. The van der Waals surface area contributed by atoms with Crippen LogP contribution in [0, 0.1) is 11.8 Å². The summed E-state index contributed by atoms with van der Waals surface area (Å²) in [6, 6.07) is 0. The van der Waals surface area contributed by atoms with Gasteiger partial charge in [-0.15, -0.1) is 0 Å². The number of amides is 2. The number of aliphatic hydroxyl groups excluding tert-OH is 2. The van der Waals surface area contributed by atoms with E-state index in [1.165, 1.54) is 0 Å². The van der Waals surface area contributed by atoms with Gasteiger partial charge in [-0.1, -0.05) is 0 Å². The van der Waals surface area contributed by atoms with E-state index in [1.807, 2.05) is 0 Å². The third-order valence-corrected chi connectivity index (χ3v) is 4.08. The van der Waals surface area contributed by atoms with Crippen molar-refractivity contribution < 1.29 is 38.9 Å². The van der Waals surface area contributed by atoms with E-state index >= 15 is 0 Å². The number of hydrogen-bond acceptors (Lipinski definition) is 8. The Bertz CT molecular complexity index is 500. The lowest BCUT2D eigenvalue weighted by Gasteiger charge is -2.38. The Morgan fingerprint density at radius 1 is 0.929 bits per heavy atom. The molecule has 0 fully saturated rings. The van der Waals surface area contributed by atoms with Gasteiger partial charge in [0.05, 0.1) is 31.3 Å². The van der Waals surface area contributed by atoms with E-state index in [-0.39, 0.29) is 25.4 Å². The van der Waals surface area contributed by atoms with Crippen LogP contribution in [0.3, 0.4) is 0 Å². The van der Waals surface area contributed by atoms with Crippen LogP contribution in [0.5, 0.6) is 0 Å². The largest absolute Gasteiger partial charge is 0.463 e. The van der Waals surface area contributed by atoms with Crippen molar-refractivity contribution in [1.29, 1.82) is 0 Å². The molecule has 2 atom stereocenters. The van der Waals surface area contributed by atoms with Crippen LogP contribution in [0.1, 0.15) is 47.0 Å². The Hall–Kier alpha value is -2.20. The molecule has 0 aliphatic rings. The summed E-state index contributed by atoms with van der Waals surface area (Å²) in [5.41, 5.74) is -1.60. The van der Waals surface area contributed by atoms with E-state index in [1.54, 1.807) is 27.7 Å². The smallest absolute Gasteiger partial charge is 0.315 e. The molecule has 10 nitrogen and oxygen atoms in total. The van der Waals surface area contributed by atoms with Crippen LogP contribution in [0.4, 0.5) is 0 Å². The van der Waals surface area contributed by atoms with E-state index in [4.69, 9.17) is 9.47 Å². The number of esters is 2. The molecule has 0 heterocycles. The second-order valence-electron chi connectivity index (χ2n) is 6.97. The van der Waals surface area contributed by atoms with Gasteiger partial charge in [0, 0.05) is 0 Å². The Morgan fingerprint density at radius 3 is 1.82 bits per heavy atom. The molecule has 0 aromatic rings. The third-order valence-electron chi connectivity index (χ3n) is 4.08. The molecule has 28 heavy (non-hydrogen) atoms. The molecule has 0 bridgehead atoms. The zero-order valence-electron chi connectivity index (χ0n) is 16.8. The minimum absolute atomic E-state index is 0.00829. The Balaban J connectivity index is 5.37. The Labute approximate surface area is 165 Å². The SMILES string of the molecule is CC(C)OC(=O)[C@@H](CO)CCCC(NC=O)(NC=O)[C@H](CO)C(=O)OC(C)C. The Kier molecular flexibility index (Phi) is 12.0. The van der Waals surface area contributed by atoms with Gasteiger partial charge >= 0.3 is 11.9 Å². The molecular formula is C18H32N2O8. The average Bonchev–Trinajstić information content (AvgIpc) is 2.58. The molecule has 0 radical (unpaired) electrons. The van der Waals surface area contributed by atoms with Crippen molar-refractivity contribution in [3.63, 3.8) is 0 Å². The van der Waals surface area contributed by atoms with Gasteiger partial charge in [0.15, 0.2) is 0 Å². The normalized spacial score (nSPS) is 13.6. The first-order valence-electron chi connectivity index (χ1n) is 9.22. The molecule has 0 aromatic heterocycles. The van der Waals surface area contributed by atoms with E-state index in [9.17, 15) is 29.4 Å². The van der Waals surface area contributed by atoms with Crippen molar-refractivity contribution in [1.82, 2.24) is 10.6 Å². The van der Waals surface area contributed by atoms with Gasteiger partial charge < -0.3 is 30.3 Å². The highest BCUT2D eigenvalue weighted by Crippen LogP contribution is 2.25. The van der Waals surface area contributed by atoms with Gasteiger partial charge in [-0.25, -0.2) is 0 Å². The number of carbonyl (C=O) groups excluding carboxylic acids is 4. The van der Waals surface area contributed by atoms with Crippen molar-refractivity contribution in [3.8, 4) is 0 Å². The number of hydrogen-bond donors (Lipinski definition) is 4. The van der Waals surface area contributed by atoms with Crippen molar-refractivity contribution in [2.24, 2.45) is 11.8 Å². The van der Waals surface area contributed by atoms with E-state index < -0.39 is 48.8 Å². The molecule has 2 amide bonds. The van der Waals surface area contributed by atoms with Crippen LogP contribution < -0.4 is 10.6 Å². The van der Waals surface area contributed by atoms with Crippen LogP contribution in [-0.4, -0.2) is 66.1 Å². The number of carbonyl (C=O) groups is 4. The summed E-state index contributed by atoms with van der Waals surface area (Å²) in [4.78, 5) is 46.6. The average molecular weight is 404 g/mol. The minimum Gasteiger partial charge on any atom is -0.463 e. The molecule has 0 rings (SSSR count). The summed E-state index contributed by atoms with van der Waals surface area (Å²) in [5.74, 6) is -3.41. The highest BCUT2D eigenvalue weighted by Gasteiger charge is 2.43. The monoisotopic (exact) mass is 404 g/mol. The molecule has 0 saturated carbocycles. The van der Waals surface area contributed by atoms with E-state index in [2.05, 4.69) is 10.6 Å². The lowest BCUT2D eigenvalue weighted by Crippen LogP contribution is -2.64. The van der Waals surface area contributed by atoms with Gasteiger partial charge in [-0.3, -0.25) is 19.2 Å². The standard InChI is InChI=1S/C18H32N2O8/c1-12(2)27-16(25)14(8-21)6-5-7-18(19-10-23,20-11-24)15(9-22)17(26)28-13(3)4/h10-15,21-22H,5-9H2,1-4H3,(H,19,23)(H,20,24)/t14-,15-/m1/s1. The highest BCUT2D eigenvalue weighted by atomic mass is 16.5. The second-order valence-corrected chi connectivity index (χ2v) is 6.97. The molecule has 0 spiro atoms. The van der Waals surface area contributed by atoms with Crippen LogP contribution in [0.15, 0.2) is 0 Å². The van der Waals surface area contributed by atoms with Crippen molar-refractivity contribution in [3.05, 3.63) is 0 Å². The molecule has 0 aliphatic carbocycles. The molecule has 0 aliphatic heterocycles. The van der Waals surface area contributed by atoms with Gasteiger partial charge in [0.25, 0.3) is 0 Å². The lowest BCUT2D eigenvalue weighted by atomic mass is 9.86. The quantitative estimate of drug-likeness (QED) is 0.161. The number of nitrogens with one attached hydrogen (secondary N) is 2. The first kappa shape index (κ1) is 25.8. The van der Waals surface area contributed by atoms with E-state index in [0.29, 0.717) is 12.8 Å². The summed E-state index contributed by atoms with van der Waals surface area (Å²) >= 11 is 0. The van der Waals surface area contributed by atoms with E-state index in [0.717, 1.165) is 0 Å². The molecular weight excluding hydrogens is 372 g/mol. The zero-order chi connectivity index (χ0) is 21.7. The minimum atomic E-state index is -1.60. The van der Waals surface area contributed by atoms with Crippen molar-refractivity contribution >= 4 is 24.8 Å². The predicted octanol–water partition coefficient (Wildman–Crippen LogP) is -0.535. The van der Waals surface area contributed by atoms with Crippen LogP contribution in [-0.2, 0) is 28.7 Å². The van der Waals surface area contributed by atoms with Gasteiger partial charge in [-0.05, 0) is 47.0 Å². The van der Waals surface area contributed by atoms with Gasteiger partial charge in [0.2, 0.25) is 12.8 Å². The summed E-state index contributed by atoms with van der Waals surface area (Å²) in [5, 5.41) is 23.9. The maximum atomic E-state index is 12.4. The maximum absolute atomic E-state index is 12.4. The van der Waals surface area contributed by atoms with Gasteiger partial charge in [0.1, 0.15) is 11.6 Å². The first-order valence-corrected chi connectivity index (χ1v) is 9.22. The fourth-order valence-corrected chi connectivity index (χ4v) is 2.76. The summed E-state index contributed by atoms with van der Waals surface area (Å²) in [7, 11) is 0. The molecule has 0 saturated heterocycles. The predicted molar refractivity (Wildman–Crippen MR) is 98.6 cm³/mol. The number of rotatable bonds is 15. The summed E-state index contributed by atoms with van der Waals surface area (Å²) < 4.78 is 10.2. The van der Waals surface area contributed by atoms with Crippen LogP contribution in [0.25, 0.3) is 0 Å². The third kappa shape index (κ3) is 8.22. The maximum Gasteiger partial charge on any atom is 0.315 e. The van der Waals surface area contributed by atoms with Crippen molar-refractivity contribution in [2.45, 2.75) is 64.8 Å². The van der Waals surface area contributed by atoms with Crippen LogP contribution >= 0.6 is 0 Å². The Morgan fingerprint density at radius 2 is 1.43 bits per heavy atom. The molecule has 0 aromatic carbocycles. The fourth-order valence-electron chi connectivity index (χ4n) is 2.76. The molecule has 162 valence electrons. The topological polar surface area (TPSA) is 151 Å². The zero-order valence-corrected chi connectivity index (χ0v) is 16.8. The number of ether oxygens (including phenoxy) is 2. The second kappa shape index (κ2) is 13.1. The molecule has 0 unspecified atom stereocenters. The van der Waals surface area contributed by atoms with Crippen molar-refractivity contribution in [2.75, 3.05) is 13.2 Å². The van der Waals surface area contributed by atoms with Gasteiger partial charge in [-0.2, -0.15) is 0 Å². The molecule has 4 N–H and O–H groups in total. The highest BCUT2D eigenvalue weighted by molar-refractivity contribution is 5.76. The summed E-state index contributed by atoms with van der Waals surface area (Å²) in [6.07, 6.45) is 0.230. The lowest BCUT2D eigenvalue weighted by molar-refractivity contribution is -0.159. The first-order chi connectivity index (χ1) is 13.2. The molecule has 10 heteroatoms.